The first-order chi connectivity index (χ1) is 11.7. The third kappa shape index (κ3) is 2.46. The van der Waals surface area contributed by atoms with E-state index in [0.29, 0.717) is 35.6 Å². The van der Waals surface area contributed by atoms with Crippen molar-refractivity contribution in [2.75, 3.05) is 5.73 Å². The largest absolute Gasteiger partial charge is 0.368 e. The van der Waals surface area contributed by atoms with Crippen molar-refractivity contribution in [1.29, 1.82) is 0 Å². The summed E-state index contributed by atoms with van der Waals surface area (Å²) in [5.74, 6) is 0.159. The molecule has 4 aromatic rings. The Bertz CT molecular complexity index is 988. The number of nitrogen functional groups attached to an aromatic ring is 1. The van der Waals surface area contributed by atoms with E-state index >= 15 is 0 Å². The summed E-state index contributed by atoms with van der Waals surface area (Å²) in [5.41, 5.74) is 16.1. The van der Waals surface area contributed by atoms with Crippen molar-refractivity contribution in [1.82, 2.24) is 35.2 Å². The fourth-order valence-corrected chi connectivity index (χ4v) is 2.58. The maximum absolute atomic E-state index is 5.86. The maximum Gasteiger partial charge on any atom is 0.222 e. The van der Waals surface area contributed by atoms with E-state index in [1.165, 1.54) is 0 Å². The number of fused-ring (bicyclic) bond motifs is 1. The monoisotopic (exact) mass is 321 g/mol. The van der Waals surface area contributed by atoms with Crippen molar-refractivity contribution in [3.63, 3.8) is 0 Å². The summed E-state index contributed by atoms with van der Waals surface area (Å²) in [7, 11) is 0. The van der Waals surface area contributed by atoms with Gasteiger partial charge in [-0.25, -0.2) is 9.67 Å². The third-order valence-electron chi connectivity index (χ3n) is 3.70. The van der Waals surface area contributed by atoms with Gasteiger partial charge in [0.05, 0.1) is 12.2 Å². The molecule has 1 aromatic carbocycles. The first-order valence-electron chi connectivity index (χ1n) is 7.39. The van der Waals surface area contributed by atoms with E-state index in [1.807, 2.05) is 24.3 Å². The molecular formula is C15H15N9. The van der Waals surface area contributed by atoms with E-state index in [2.05, 4.69) is 30.5 Å². The van der Waals surface area contributed by atoms with E-state index in [4.69, 9.17) is 11.5 Å². The molecule has 0 saturated carbocycles. The zero-order valence-corrected chi connectivity index (χ0v) is 12.7. The zero-order valence-electron chi connectivity index (χ0n) is 12.7. The lowest BCUT2D eigenvalue weighted by atomic mass is 10.1. The van der Waals surface area contributed by atoms with Crippen molar-refractivity contribution >= 4 is 17.1 Å². The average molecular weight is 321 g/mol. The highest BCUT2D eigenvalue weighted by atomic mass is 15.4. The molecule has 0 spiro atoms. The van der Waals surface area contributed by atoms with Crippen LogP contribution in [0, 0.1) is 0 Å². The van der Waals surface area contributed by atoms with Crippen LogP contribution in [-0.4, -0.2) is 35.2 Å². The van der Waals surface area contributed by atoms with Crippen molar-refractivity contribution < 1.29 is 0 Å². The van der Waals surface area contributed by atoms with Gasteiger partial charge >= 0.3 is 0 Å². The molecule has 0 aliphatic heterocycles. The highest BCUT2D eigenvalue weighted by Crippen LogP contribution is 2.23. The predicted molar refractivity (Wildman–Crippen MR) is 88.5 cm³/mol. The molecule has 0 saturated heterocycles. The second-order valence-electron chi connectivity index (χ2n) is 5.34. The highest BCUT2D eigenvalue weighted by Gasteiger charge is 2.16. The van der Waals surface area contributed by atoms with Crippen LogP contribution in [-0.2, 0) is 13.1 Å². The number of nitrogens with zero attached hydrogens (tertiary/aromatic N) is 6. The van der Waals surface area contributed by atoms with Crippen LogP contribution >= 0.6 is 0 Å². The van der Waals surface area contributed by atoms with Gasteiger partial charge in [-0.3, -0.25) is 5.10 Å². The predicted octanol–water partition coefficient (Wildman–Crippen LogP) is 0.701. The first kappa shape index (κ1) is 14.3. The Morgan fingerprint density at radius 1 is 1.12 bits per heavy atom. The van der Waals surface area contributed by atoms with Crippen molar-refractivity contribution in [3.8, 4) is 11.4 Å². The number of hydrogen-bond donors (Lipinski definition) is 3. The molecule has 0 amide bonds. The number of anilines is 1. The van der Waals surface area contributed by atoms with Gasteiger partial charge in [0, 0.05) is 12.7 Å². The SMILES string of the molecule is NCc1cccc(Cn2nnc3c(-c4ccn[nH]4)nc(N)nc32)c1. The quantitative estimate of drug-likeness (QED) is 0.503. The fourth-order valence-electron chi connectivity index (χ4n) is 2.58. The molecule has 0 atom stereocenters. The molecule has 0 radical (unpaired) electrons. The van der Waals surface area contributed by atoms with Gasteiger partial charge in [-0.2, -0.15) is 10.1 Å². The van der Waals surface area contributed by atoms with E-state index in [0.717, 1.165) is 11.1 Å². The Morgan fingerprint density at radius 3 is 2.79 bits per heavy atom. The molecule has 3 heterocycles. The summed E-state index contributed by atoms with van der Waals surface area (Å²) in [6, 6.07) is 9.79. The standard InChI is InChI=1S/C15H15N9/c16-7-9-2-1-3-10(6-9)8-24-14-13(22-23-24)12(19-15(17)20-14)11-4-5-18-21-11/h1-6H,7-8,16H2,(H,18,21)(H2,17,19,20). The van der Waals surface area contributed by atoms with E-state index in [1.54, 1.807) is 16.9 Å². The number of nitrogens with two attached hydrogens (primary N) is 2. The van der Waals surface area contributed by atoms with E-state index in [-0.39, 0.29) is 5.95 Å². The lowest BCUT2D eigenvalue weighted by Gasteiger charge is -2.05. The molecule has 9 heteroatoms. The van der Waals surface area contributed by atoms with Crippen LogP contribution in [0.3, 0.4) is 0 Å². The van der Waals surface area contributed by atoms with Gasteiger partial charge in [0.15, 0.2) is 11.2 Å². The van der Waals surface area contributed by atoms with Gasteiger partial charge in [-0.05, 0) is 17.2 Å². The molecule has 0 fully saturated rings. The van der Waals surface area contributed by atoms with Gasteiger partial charge in [0.25, 0.3) is 0 Å². The van der Waals surface area contributed by atoms with Crippen LogP contribution < -0.4 is 11.5 Å². The molecular weight excluding hydrogens is 306 g/mol. The lowest BCUT2D eigenvalue weighted by molar-refractivity contribution is 0.663. The summed E-state index contributed by atoms with van der Waals surface area (Å²) in [6.45, 7) is 1.01. The van der Waals surface area contributed by atoms with Crippen molar-refractivity contribution in [3.05, 3.63) is 47.7 Å². The number of aromatic amines is 1. The summed E-state index contributed by atoms with van der Waals surface area (Å²) in [6.07, 6.45) is 1.64. The van der Waals surface area contributed by atoms with Gasteiger partial charge < -0.3 is 11.5 Å². The van der Waals surface area contributed by atoms with Crippen molar-refractivity contribution in [2.24, 2.45) is 5.73 Å². The minimum absolute atomic E-state index is 0.159. The van der Waals surface area contributed by atoms with Crippen LogP contribution in [0.15, 0.2) is 36.5 Å². The third-order valence-corrected chi connectivity index (χ3v) is 3.70. The molecule has 5 N–H and O–H groups in total. The van der Waals surface area contributed by atoms with Crippen LogP contribution in [0.5, 0.6) is 0 Å². The van der Waals surface area contributed by atoms with Crippen LogP contribution in [0.4, 0.5) is 5.95 Å². The van der Waals surface area contributed by atoms with Gasteiger partial charge in [-0.1, -0.05) is 29.5 Å². The summed E-state index contributed by atoms with van der Waals surface area (Å²) < 4.78 is 1.70. The lowest BCUT2D eigenvalue weighted by Crippen LogP contribution is -2.06. The molecule has 3 aromatic heterocycles. The Labute approximate surface area is 136 Å². The Hall–Kier alpha value is -3.33. The summed E-state index contributed by atoms with van der Waals surface area (Å²) in [4.78, 5) is 8.55. The van der Waals surface area contributed by atoms with Gasteiger partial charge in [-0.15, -0.1) is 5.10 Å². The molecule has 0 aliphatic rings. The Balaban J connectivity index is 1.80. The van der Waals surface area contributed by atoms with Gasteiger partial charge in [0.2, 0.25) is 5.95 Å². The minimum Gasteiger partial charge on any atom is -0.368 e. The summed E-state index contributed by atoms with van der Waals surface area (Å²) in [5, 5.41) is 15.2. The Morgan fingerprint density at radius 2 is 2.00 bits per heavy atom. The maximum atomic E-state index is 5.86. The zero-order chi connectivity index (χ0) is 16.5. The Kier molecular flexibility index (Phi) is 3.39. The number of rotatable bonds is 4. The minimum atomic E-state index is 0.159. The van der Waals surface area contributed by atoms with Gasteiger partial charge in [0.1, 0.15) is 5.69 Å². The first-order valence-corrected chi connectivity index (χ1v) is 7.39. The van der Waals surface area contributed by atoms with Crippen LogP contribution in [0.1, 0.15) is 11.1 Å². The topological polar surface area (TPSA) is 137 Å². The fraction of sp³-hybridized carbons (Fsp3) is 0.133. The molecule has 0 bridgehead atoms. The van der Waals surface area contributed by atoms with E-state index < -0.39 is 0 Å². The highest BCUT2D eigenvalue weighted by molar-refractivity contribution is 5.86. The smallest absolute Gasteiger partial charge is 0.222 e. The molecule has 4 rings (SSSR count). The normalized spacial score (nSPS) is 11.2. The molecule has 24 heavy (non-hydrogen) atoms. The van der Waals surface area contributed by atoms with Crippen molar-refractivity contribution in [2.45, 2.75) is 13.1 Å². The number of benzene rings is 1. The molecule has 120 valence electrons. The molecule has 9 nitrogen and oxygen atoms in total. The number of H-pyrrole nitrogens is 1. The second kappa shape index (κ2) is 5.70. The van der Waals surface area contributed by atoms with Crippen LogP contribution in [0.25, 0.3) is 22.6 Å². The number of hydrogen-bond acceptors (Lipinski definition) is 7. The number of aromatic nitrogens is 7. The number of nitrogens with one attached hydrogen (secondary N) is 1. The molecule has 0 aliphatic carbocycles. The molecule has 0 unspecified atom stereocenters. The summed E-state index contributed by atoms with van der Waals surface area (Å²) >= 11 is 0. The average Bonchev–Trinajstić information content (AvgIpc) is 3.25. The van der Waals surface area contributed by atoms with E-state index in [9.17, 15) is 0 Å². The van der Waals surface area contributed by atoms with Crippen LogP contribution in [0.2, 0.25) is 0 Å². The second-order valence-corrected chi connectivity index (χ2v) is 5.34.